The zero-order valence-corrected chi connectivity index (χ0v) is 22.3. The summed E-state index contributed by atoms with van der Waals surface area (Å²) in [5.74, 6) is -1.88. The van der Waals surface area contributed by atoms with Gasteiger partial charge in [0.15, 0.2) is 15.3 Å². The molecule has 2 aromatic carbocycles. The van der Waals surface area contributed by atoms with Crippen LogP contribution < -0.4 is 0 Å². The van der Waals surface area contributed by atoms with Crippen LogP contribution in [0.3, 0.4) is 0 Å². The predicted molar refractivity (Wildman–Crippen MR) is 133 cm³/mol. The maximum absolute atomic E-state index is 13.5. The monoisotopic (exact) mass is 532 g/mol. The van der Waals surface area contributed by atoms with Gasteiger partial charge in [0.1, 0.15) is 0 Å². The van der Waals surface area contributed by atoms with Crippen molar-refractivity contribution in [3.63, 3.8) is 0 Å². The van der Waals surface area contributed by atoms with Crippen molar-refractivity contribution >= 4 is 31.6 Å². The summed E-state index contributed by atoms with van der Waals surface area (Å²) in [6.07, 6.45) is -0.786. The number of ether oxygens (including phenoxy) is 2. The number of carbonyl (C=O) groups excluding carboxylic acids is 2. The van der Waals surface area contributed by atoms with E-state index in [4.69, 9.17) is 9.47 Å². The highest BCUT2D eigenvalue weighted by Crippen LogP contribution is 2.49. The number of carbonyl (C=O) groups is 2. The number of benzene rings is 2. The lowest BCUT2D eigenvalue weighted by molar-refractivity contribution is -0.168. The van der Waals surface area contributed by atoms with Gasteiger partial charge >= 0.3 is 11.9 Å². The van der Waals surface area contributed by atoms with Crippen LogP contribution in [0.25, 0.3) is 0 Å². The lowest BCUT2D eigenvalue weighted by Crippen LogP contribution is -2.38. The maximum Gasteiger partial charge on any atom is 0.323 e. The van der Waals surface area contributed by atoms with Gasteiger partial charge < -0.3 is 9.47 Å². The molecule has 8 nitrogen and oxygen atoms in total. The Morgan fingerprint density at radius 2 is 1.22 bits per heavy atom. The molecule has 0 aliphatic heterocycles. The minimum Gasteiger partial charge on any atom is -0.468 e. The van der Waals surface area contributed by atoms with Crippen LogP contribution in [0.5, 0.6) is 0 Å². The maximum atomic E-state index is 13.5. The summed E-state index contributed by atoms with van der Waals surface area (Å²) in [5, 5.41) is 0.925. The second kappa shape index (κ2) is 10.0. The van der Waals surface area contributed by atoms with Gasteiger partial charge in [-0.1, -0.05) is 35.4 Å². The number of esters is 2. The number of sulfone groups is 2. The van der Waals surface area contributed by atoms with Crippen molar-refractivity contribution in [1.82, 2.24) is 0 Å². The summed E-state index contributed by atoms with van der Waals surface area (Å²) in [6.45, 7) is 4.96. The van der Waals surface area contributed by atoms with Crippen molar-refractivity contribution in [2.45, 2.75) is 43.4 Å². The number of methoxy groups -OCH3 is 2. The third-order valence-electron chi connectivity index (χ3n) is 6.32. The third kappa shape index (κ3) is 5.01. The molecule has 0 bridgehead atoms. The molecule has 0 amide bonds. The second-order valence-corrected chi connectivity index (χ2v) is 12.7. The normalized spacial score (nSPS) is 18.1. The summed E-state index contributed by atoms with van der Waals surface area (Å²) in [4.78, 5) is 25.5. The Hall–Kier alpha value is -3.24. The molecule has 0 spiro atoms. The van der Waals surface area contributed by atoms with Crippen LogP contribution in [-0.2, 0) is 38.7 Å². The van der Waals surface area contributed by atoms with Gasteiger partial charge in [-0.25, -0.2) is 16.8 Å². The smallest absolute Gasteiger partial charge is 0.323 e. The first-order valence-corrected chi connectivity index (χ1v) is 14.0. The first-order chi connectivity index (χ1) is 16.8. The van der Waals surface area contributed by atoms with Crippen molar-refractivity contribution in [2.24, 2.45) is 5.41 Å². The molecule has 10 heteroatoms. The largest absolute Gasteiger partial charge is 0.468 e. The molecule has 2 aromatic rings. The third-order valence-corrected chi connectivity index (χ3v) is 9.79. The van der Waals surface area contributed by atoms with Crippen LogP contribution in [0.15, 0.2) is 79.8 Å². The molecular weight excluding hydrogens is 504 g/mol. The summed E-state index contributed by atoms with van der Waals surface area (Å²) in [6, 6.07) is 12.3. The van der Waals surface area contributed by atoms with E-state index in [1.165, 1.54) is 31.2 Å². The van der Waals surface area contributed by atoms with E-state index in [9.17, 15) is 26.4 Å². The van der Waals surface area contributed by atoms with Gasteiger partial charge in [-0.3, -0.25) is 9.59 Å². The van der Waals surface area contributed by atoms with Gasteiger partial charge in [0.05, 0.1) is 24.0 Å². The number of allylic oxidation sites excluding steroid dienone is 3. The molecule has 1 aliphatic carbocycles. The van der Waals surface area contributed by atoms with E-state index in [1.54, 1.807) is 24.3 Å². The quantitative estimate of drug-likeness (QED) is 0.407. The van der Waals surface area contributed by atoms with Crippen LogP contribution in [0, 0.1) is 19.3 Å². The minimum absolute atomic E-state index is 0.00682. The fourth-order valence-corrected chi connectivity index (χ4v) is 6.80. The van der Waals surface area contributed by atoms with Crippen molar-refractivity contribution < 1.29 is 35.9 Å². The molecule has 3 rings (SSSR count). The van der Waals surface area contributed by atoms with Crippen molar-refractivity contribution in [2.75, 3.05) is 14.2 Å². The van der Waals surface area contributed by atoms with Crippen molar-refractivity contribution in [3.05, 3.63) is 81.1 Å². The lowest BCUT2D eigenvalue weighted by Gasteiger charge is -2.22. The lowest BCUT2D eigenvalue weighted by atomic mass is 9.86. The highest BCUT2D eigenvalue weighted by atomic mass is 32.2. The van der Waals surface area contributed by atoms with Crippen LogP contribution in [0.2, 0.25) is 0 Å². The Kier molecular flexibility index (Phi) is 7.61. The zero-order valence-electron chi connectivity index (χ0n) is 20.7. The minimum atomic E-state index is -4.07. The van der Waals surface area contributed by atoms with Gasteiger partial charge in [0, 0.05) is 23.2 Å². The van der Waals surface area contributed by atoms with Crippen LogP contribution in [0.1, 0.15) is 30.9 Å². The fraction of sp³-hybridized carbons (Fsp3) is 0.308. The predicted octanol–water partition coefficient (Wildman–Crippen LogP) is 3.84. The van der Waals surface area contributed by atoms with E-state index in [-0.39, 0.29) is 25.8 Å². The SMILES string of the molecule is COC(=O)C1(C(=O)OC)CC(=C\S(=O)(=O)c2ccc(C)cc2)/C(=C(\C)S(=O)(=O)c2ccc(C)cc2)C1. The molecular formula is C26H28O8S2. The zero-order chi connectivity index (χ0) is 26.9. The standard InChI is InChI=1S/C26H28O8S2/c1-17-6-10-21(11-7-17)35(29,30)16-20-14-26(24(27)33-4,25(28)34-5)15-23(20)19(3)36(31,32)22-12-8-18(2)9-13-22/h6-13,16H,14-15H2,1-5H3/b20-16+,23-19+. The van der Waals surface area contributed by atoms with E-state index in [0.29, 0.717) is 0 Å². The Morgan fingerprint density at radius 3 is 1.67 bits per heavy atom. The highest BCUT2D eigenvalue weighted by Gasteiger charge is 2.55. The van der Waals surface area contributed by atoms with Gasteiger partial charge in [-0.15, -0.1) is 0 Å². The average molecular weight is 533 g/mol. The highest BCUT2D eigenvalue weighted by molar-refractivity contribution is 7.95. The molecule has 0 N–H and O–H groups in total. The Bertz CT molecular complexity index is 1450. The average Bonchev–Trinajstić information content (AvgIpc) is 3.22. The van der Waals surface area contributed by atoms with Crippen molar-refractivity contribution in [3.8, 4) is 0 Å². The molecule has 0 heterocycles. The molecule has 0 saturated heterocycles. The molecule has 36 heavy (non-hydrogen) atoms. The van der Waals surface area contributed by atoms with Gasteiger partial charge in [-0.05, 0) is 56.2 Å². The molecule has 1 saturated carbocycles. The molecule has 0 aromatic heterocycles. The van der Waals surface area contributed by atoms with Crippen molar-refractivity contribution in [1.29, 1.82) is 0 Å². The number of hydrogen-bond donors (Lipinski definition) is 0. The van der Waals surface area contributed by atoms with E-state index < -0.39 is 49.9 Å². The molecule has 192 valence electrons. The summed E-state index contributed by atoms with van der Waals surface area (Å²) < 4.78 is 63.1. The van der Waals surface area contributed by atoms with E-state index in [0.717, 1.165) is 30.8 Å². The van der Waals surface area contributed by atoms with E-state index >= 15 is 0 Å². The first kappa shape index (κ1) is 27.3. The Balaban J connectivity index is 2.28. The van der Waals surface area contributed by atoms with Crippen LogP contribution in [0.4, 0.5) is 0 Å². The van der Waals surface area contributed by atoms with Crippen LogP contribution >= 0.6 is 0 Å². The summed E-state index contributed by atoms with van der Waals surface area (Å²) in [5.41, 5.74) is -0.113. The van der Waals surface area contributed by atoms with E-state index in [1.807, 2.05) is 13.8 Å². The van der Waals surface area contributed by atoms with E-state index in [2.05, 4.69) is 0 Å². The Labute approximate surface area is 211 Å². The second-order valence-electron chi connectivity index (χ2n) is 8.77. The molecule has 1 fully saturated rings. The van der Waals surface area contributed by atoms with Crippen LogP contribution in [-0.4, -0.2) is 43.0 Å². The molecule has 0 atom stereocenters. The number of hydrogen-bond acceptors (Lipinski definition) is 8. The van der Waals surface area contributed by atoms with Gasteiger partial charge in [-0.2, -0.15) is 0 Å². The summed E-state index contributed by atoms with van der Waals surface area (Å²) >= 11 is 0. The topological polar surface area (TPSA) is 121 Å². The fourth-order valence-electron chi connectivity index (χ4n) is 4.18. The molecule has 0 unspecified atom stereocenters. The Morgan fingerprint density at radius 1 is 0.778 bits per heavy atom. The number of aryl methyl sites for hydroxylation is 2. The number of rotatable bonds is 6. The van der Waals surface area contributed by atoms with Gasteiger partial charge in [0.25, 0.3) is 0 Å². The molecule has 1 aliphatic rings. The summed E-state index contributed by atoms with van der Waals surface area (Å²) in [7, 11) is -5.94. The first-order valence-electron chi connectivity index (χ1n) is 11.0. The molecule has 0 radical (unpaired) electrons. The van der Waals surface area contributed by atoms with Gasteiger partial charge in [0.2, 0.25) is 9.84 Å².